The van der Waals surface area contributed by atoms with E-state index in [0.717, 1.165) is 0 Å². The minimum atomic E-state index is -0.805. The number of hydrogen-bond donors (Lipinski definition) is 0. The molecule has 0 aliphatic carbocycles. The van der Waals surface area contributed by atoms with Crippen molar-refractivity contribution in [2.24, 2.45) is 5.92 Å². The fourth-order valence-corrected chi connectivity index (χ4v) is 3.66. The number of benzene rings is 2. The number of Topliss-reactive ketones (excluding diaryl/α,β-unsaturated/α-hetero) is 1. The maximum absolute atomic E-state index is 12.4. The molecule has 1 heterocycles. The molecule has 3 rings (SSSR count). The molecule has 162 valence electrons. The number of amides is 1. The lowest BCUT2D eigenvalue weighted by atomic mass is 10.1. The van der Waals surface area contributed by atoms with Crippen LogP contribution in [0.15, 0.2) is 36.4 Å². The lowest BCUT2D eigenvalue weighted by Crippen LogP contribution is -2.27. The predicted octanol–water partition coefficient (Wildman–Crippen LogP) is 3.69. The van der Waals surface area contributed by atoms with E-state index < -0.39 is 29.2 Å². The van der Waals surface area contributed by atoms with Crippen LogP contribution in [0.25, 0.3) is 0 Å². The Morgan fingerprint density at radius 3 is 2.61 bits per heavy atom. The number of nitro benzene ring substituents is 1. The normalized spacial score (nSPS) is 15.6. The molecule has 2 aromatic carbocycles. The van der Waals surface area contributed by atoms with E-state index in [1.54, 1.807) is 0 Å². The fraction of sp³-hybridized carbons (Fsp3) is 0.250. The molecular formula is C20H16Cl2N2O7. The summed E-state index contributed by atoms with van der Waals surface area (Å²) >= 11 is 11.8. The maximum Gasteiger partial charge on any atom is 0.311 e. The fourth-order valence-electron chi connectivity index (χ4n) is 3.15. The van der Waals surface area contributed by atoms with Crippen LogP contribution < -0.4 is 9.64 Å². The van der Waals surface area contributed by atoms with E-state index >= 15 is 0 Å². The molecule has 0 spiro atoms. The number of ether oxygens (including phenoxy) is 2. The number of methoxy groups -OCH3 is 1. The van der Waals surface area contributed by atoms with Crippen LogP contribution in [-0.2, 0) is 14.3 Å². The zero-order valence-corrected chi connectivity index (χ0v) is 17.7. The van der Waals surface area contributed by atoms with Crippen molar-refractivity contribution in [3.63, 3.8) is 0 Å². The van der Waals surface area contributed by atoms with Gasteiger partial charge in [-0.25, -0.2) is 0 Å². The lowest BCUT2D eigenvalue weighted by Gasteiger charge is -2.19. The first-order valence-corrected chi connectivity index (χ1v) is 9.74. The van der Waals surface area contributed by atoms with Crippen LogP contribution in [0.3, 0.4) is 0 Å². The second-order valence-corrected chi connectivity index (χ2v) is 7.52. The standard InChI is InChI=1S/C20H16Cl2N2O7/c1-30-18-8-13(24(28)29)3-5-16(18)23-9-11(6-19(23)26)20(27)31-10-17(25)14-4-2-12(21)7-15(14)22/h2-5,7-8,11H,6,9-10H2,1H3/t11-/m0/s1. The third-order valence-corrected chi connectivity index (χ3v) is 5.25. The molecular weight excluding hydrogens is 451 g/mol. The third kappa shape index (κ3) is 4.95. The molecule has 0 radical (unpaired) electrons. The molecule has 1 aliphatic heterocycles. The van der Waals surface area contributed by atoms with Crippen LogP contribution in [0.2, 0.25) is 10.0 Å². The highest BCUT2D eigenvalue weighted by atomic mass is 35.5. The van der Waals surface area contributed by atoms with E-state index in [0.29, 0.717) is 10.7 Å². The van der Waals surface area contributed by atoms with Gasteiger partial charge in [0.25, 0.3) is 5.69 Å². The Hall–Kier alpha value is -3.17. The number of halogens is 2. The number of esters is 1. The van der Waals surface area contributed by atoms with Crippen LogP contribution in [0, 0.1) is 16.0 Å². The van der Waals surface area contributed by atoms with Gasteiger partial charge in [0, 0.05) is 29.6 Å². The largest absolute Gasteiger partial charge is 0.494 e. The van der Waals surface area contributed by atoms with Crippen molar-refractivity contribution in [1.82, 2.24) is 0 Å². The Labute approximate surface area is 186 Å². The van der Waals surface area contributed by atoms with Gasteiger partial charge in [-0.3, -0.25) is 24.5 Å². The quantitative estimate of drug-likeness (QED) is 0.264. The molecule has 2 aromatic rings. The molecule has 1 fully saturated rings. The van der Waals surface area contributed by atoms with Crippen molar-refractivity contribution in [2.45, 2.75) is 6.42 Å². The van der Waals surface area contributed by atoms with E-state index in [-0.39, 0.29) is 40.9 Å². The summed E-state index contributed by atoms with van der Waals surface area (Å²) in [5.74, 6) is -2.27. The van der Waals surface area contributed by atoms with Crippen LogP contribution in [0.1, 0.15) is 16.8 Å². The Balaban J connectivity index is 1.66. The number of nitro groups is 1. The summed E-state index contributed by atoms with van der Waals surface area (Å²) in [6.45, 7) is -0.548. The molecule has 11 heteroatoms. The number of hydrogen-bond acceptors (Lipinski definition) is 7. The van der Waals surface area contributed by atoms with Gasteiger partial charge in [0.1, 0.15) is 5.75 Å². The molecule has 1 saturated heterocycles. The first-order valence-electron chi connectivity index (χ1n) is 8.99. The van der Waals surface area contributed by atoms with E-state index in [2.05, 4.69) is 0 Å². The molecule has 1 aliphatic rings. The second-order valence-electron chi connectivity index (χ2n) is 6.67. The summed E-state index contributed by atoms with van der Waals surface area (Å²) in [6.07, 6.45) is -0.130. The molecule has 0 aromatic heterocycles. The van der Waals surface area contributed by atoms with Crippen LogP contribution in [0.5, 0.6) is 5.75 Å². The number of ketones is 1. The van der Waals surface area contributed by atoms with Gasteiger partial charge in [-0.2, -0.15) is 0 Å². The van der Waals surface area contributed by atoms with Gasteiger partial charge in [0.2, 0.25) is 11.7 Å². The summed E-state index contributed by atoms with van der Waals surface area (Å²) in [6, 6.07) is 8.15. The first kappa shape index (κ1) is 22.5. The SMILES string of the molecule is COc1cc([N+](=O)[O-])ccc1N1C[C@@H](C(=O)OCC(=O)c2ccc(Cl)cc2Cl)CC1=O. The summed E-state index contributed by atoms with van der Waals surface area (Å²) in [5, 5.41) is 11.4. The van der Waals surface area contributed by atoms with Gasteiger partial charge in [0.15, 0.2) is 6.61 Å². The first-order chi connectivity index (χ1) is 14.7. The van der Waals surface area contributed by atoms with Gasteiger partial charge in [-0.15, -0.1) is 0 Å². The van der Waals surface area contributed by atoms with E-state index in [1.807, 2.05) is 0 Å². The number of carbonyl (C=O) groups is 3. The van der Waals surface area contributed by atoms with Crippen molar-refractivity contribution in [3.05, 3.63) is 62.1 Å². The predicted molar refractivity (Wildman–Crippen MR) is 112 cm³/mol. The highest BCUT2D eigenvalue weighted by Crippen LogP contribution is 2.36. The van der Waals surface area contributed by atoms with Crippen molar-refractivity contribution < 1.29 is 28.8 Å². The molecule has 0 unspecified atom stereocenters. The van der Waals surface area contributed by atoms with Crippen molar-refractivity contribution >= 4 is 52.2 Å². The highest BCUT2D eigenvalue weighted by Gasteiger charge is 2.37. The molecule has 31 heavy (non-hydrogen) atoms. The van der Waals surface area contributed by atoms with Crippen LogP contribution >= 0.6 is 23.2 Å². The summed E-state index contributed by atoms with van der Waals surface area (Å²) < 4.78 is 10.2. The maximum atomic E-state index is 12.4. The smallest absolute Gasteiger partial charge is 0.311 e. The minimum absolute atomic E-state index is 0.0122. The van der Waals surface area contributed by atoms with Gasteiger partial charge in [-0.1, -0.05) is 23.2 Å². The Kier molecular flexibility index (Phi) is 6.77. The average Bonchev–Trinajstić information content (AvgIpc) is 3.12. The topological polar surface area (TPSA) is 116 Å². The number of nitrogens with zero attached hydrogens (tertiary/aromatic N) is 2. The third-order valence-electron chi connectivity index (χ3n) is 4.70. The monoisotopic (exact) mass is 466 g/mol. The number of rotatable bonds is 7. The second kappa shape index (κ2) is 9.32. The van der Waals surface area contributed by atoms with Crippen molar-refractivity contribution in [2.75, 3.05) is 25.2 Å². The van der Waals surface area contributed by atoms with E-state index in [1.165, 1.54) is 48.4 Å². The van der Waals surface area contributed by atoms with Crippen LogP contribution in [-0.4, -0.2) is 42.8 Å². The molecule has 0 bridgehead atoms. The molecule has 0 N–H and O–H groups in total. The van der Waals surface area contributed by atoms with Gasteiger partial charge in [-0.05, 0) is 24.3 Å². The van der Waals surface area contributed by atoms with Gasteiger partial charge < -0.3 is 14.4 Å². The highest BCUT2D eigenvalue weighted by molar-refractivity contribution is 6.36. The molecule has 1 amide bonds. The zero-order chi connectivity index (χ0) is 22.7. The zero-order valence-electron chi connectivity index (χ0n) is 16.2. The Morgan fingerprint density at radius 2 is 1.97 bits per heavy atom. The van der Waals surface area contributed by atoms with E-state index in [4.69, 9.17) is 32.7 Å². The average molecular weight is 467 g/mol. The van der Waals surface area contributed by atoms with E-state index in [9.17, 15) is 24.5 Å². The Morgan fingerprint density at radius 1 is 1.23 bits per heavy atom. The lowest BCUT2D eigenvalue weighted by molar-refractivity contribution is -0.384. The van der Waals surface area contributed by atoms with Gasteiger partial charge >= 0.3 is 5.97 Å². The summed E-state index contributed by atoms with van der Waals surface area (Å²) in [4.78, 5) is 48.8. The molecule has 1 atom stereocenters. The minimum Gasteiger partial charge on any atom is -0.494 e. The summed E-state index contributed by atoms with van der Waals surface area (Å²) in [7, 11) is 1.32. The number of carbonyl (C=O) groups excluding carboxylic acids is 3. The molecule has 0 saturated carbocycles. The number of anilines is 1. The number of non-ortho nitro benzene ring substituents is 1. The van der Waals surface area contributed by atoms with Crippen LogP contribution in [0.4, 0.5) is 11.4 Å². The van der Waals surface area contributed by atoms with Gasteiger partial charge in [0.05, 0.1) is 34.7 Å². The van der Waals surface area contributed by atoms with Crippen molar-refractivity contribution in [1.29, 1.82) is 0 Å². The molecule has 9 nitrogen and oxygen atoms in total. The Bertz CT molecular complexity index is 1070. The van der Waals surface area contributed by atoms with Crippen molar-refractivity contribution in [3.8, 4) is 5.75 Å². The summed E-state index contributed by atoms with van der Waals surface area (Å²) in [5.41, 5.74) is 0.276.